The van der Waals surface area contributed by atoms with Gasteiger partial charge in [0.05, 0.1) is 6.61 Å². The lowest BCUT2D eigenvalue weighted by molar-refractivity contribution is -0.00399. The van der Waals surface area contributed by atoms with E-state index in [1.807, 2.05) is 0 Å². The van der Waals surface area contributed by atoms with Crippen LogP contribution in [0.4, 0.5) is 0 Å². The van der Waals surface area contributed by atoms with Gasteiger partial charge in [-0.25, -0.2) is 0 Å². The maximum Gasteiger partial charge on any atom is 0.0503 e. The van der Waals surface area contributed by atoms with E-state index < -0.39 is 0 Å². The van der Waals surface area contributed by atoms with Crippen LogP contribution in [0.3, 0.4) is 0 Å². The first-order valence-corrected chi connectivity index (χ1v) is 7.72. The number of hydrogen-bond donors (Lipinski definition) is 1. The molecule has 0 amide bonds. The minimum absolute atomic E-state index is 0.510. The number of likely N-dealkylation sites (tertiary alicyclic amines) is 1. The van der Waals surface area contributed by atoms with E-state index >= 15 is 0 Å². The molecule has 1 aliphatic heterocycles. The Morgan fingerprint density at radius 2 is 1.94 bits per heavy atom. The number of ether oxygens (including phenoxy) is 1. The van der Waals surface area contributed by atoms with Gasteiger partial charge < -0.3 is 10.5 Å². The van der Waals surface area contributed by atoms with Gasteiger partial charge in [0.25, 0.3) is 0 Å². The summed E-state index contributed by atoms with van der Waals surface area (Å²) in [5.41, 5.74) is 6.06. The van der Waals surface area contributed by atoms with E-state index in [9.17, 15) is 0 Å². The van der Waals surface area contributed by atoms with Crippen LogP contribution in [0.15, 0.2) is 0 Å². The van der Waals surface area contributed by atoms with Crippen molar-refractivity contribution in [3.63, 3.8) is 0 Å². The first-order chi connectivity index (χ1) is 8.77. The molecule has 0 aromatic heterocycles. The normalized spacial score (nSPS) is 32.8. The molecule has 0 spiro atoms. The zero-order chi connectivity index (χ0) is 13.0. The zero-order valence-corrected chi connectivity index (χ0v) is 12.1. The van der Waals surface area contributed by atoms with Gasteiger partial charge in [-0.2, -0.15) is 0 Å². The van der Waals surface area contributed by atoms with Crippen molar-refractivity contribution in [2.75, 3.05) is 26.8 Å². The number of piperidine rings is 1. The second kappa shape index (κ2) is 6.88. The van der Waals surface area contributed by atoms with Crippen molar-refractivity contribution in [3.8, 4) is 0 Å². The Kier molecular flexibility index (Phi) is 5.46. The summed E-state index contributed by atoms with van der Waals surface area (Å²) in [4.78, 5) is 2.73. The Bertz CT molecular complexity index is 245. The van der Waals surface area contributed by atoms with Gasteiger partial charge in [0.2, 0.25) is 0 Å². The van der Waals surface area contributed by atoms with E-state index in [1.54, 1.807) is 7.11 Å². The molecule has 4 atom stereocenters. The number of nitrogens with zero attached hydrogens (tertiary/aromatic N) is 1. The highest BCUT2D eigenvalue weighted by molar-refractivity contribution is 4.92. The lowest BCUT2D eigenvalue weighted by atomic mass is 9.77. The van der Waals surface area contributed by atoms with Crippen molar-refractivity contribution < 1.29 is 4.74 Å². The Morgan fingerprint density at radius 1 is 1.22 bits per heavy atom. The summed E-state index contributed by atoms with van der Waals surface area (Å²) < 4.78 is 5.33. The molecular formula is C15H30N2O. The summed E-state index contributed by atoms with van der Waals surface area (Å²) in [6.45, 7) is 5.13. The van der Waals surface area contributed by atoms with Gasteiger partial charge in [-0.05, 0) is 44.1 Å². The first-order valence-electron chi connectivity index (χ1n) is 7.72. The predicted octanol–water partition coefficient (Wildman–Crippen LogP) is 2.25. The van der Waals surface area contributed by atoms with Gasteiger partial charge in [0.1, 0.15) is 0 Å². The maximum atomic E-state index is 6.06. The van der Waals surface area contributed by atoms with E-state index in [-0.39, 0.29) is 0 Å². The Labute approximate surface area is 112 Å². The molecule has 1 saturated heterocycles. The molecule has 3 nitrogen and oxygen atoms in total. The molecule has 106 valence electrons. The fourth-order valence-corrected chi connectivity index (χ4v) is 4.14. The highest BCUT2D eigenvalue weighted by Gasteiger charge is 2.37. The molecule has 0 radical (unpaired) electrons. The number of hydrogen-bond acceptors (Lipinski definition) is 3. The molecule has 4 unspecified atom stereocenters. The molecular weight excluding hydrogens is 224 g/mol. The number of methoxy groups -OCH3 is 1. The Hall–Kier alpha value is -0.120. The van der Waals surface area contributed by atoms with E-state index in [0.717, 1.165) is 25.1 Å². The molecule has 1 aliphatic carbocycles. The fourth-order valence-electron chi connectivity index (χ4n) is 4.14. The molecule has 3 heteroatoms. The van der Waals surface area contributed by atoms with Crippen LogP contribution >= 0.6 is 0 Å². The predicted molar refractivity (Wildman–Crippen MR) is 75.6 cm³/mol. The minimum Gasteiger partial charge on any atom is -0.384 e. The Morgan fingerprint density at radius 3 is 2.67 bits per heavy atom. The van der Waals surface area contributed by atoms with Crippen molar-refractivity contribution in [1.29, 1.82) is 0 Å². The largest absolute Gasteiger partial charge is 0.384 e. The summed E-state index contributed by atoms with van der Waals surface area (Å²) in [7, 11) is 1.80. The summed E-state index contributed by atoms with van der Waals surface area (Å²) in [5.74, 6) is 1.48. The van der Waals surface area contributed by atoms with Crippen LogP contribution < -0.4 is 5.73 Å². The topological polar surface area (TPSA) is 38.5 Å². The standard InChI is InChI=1S/C15H30N2O/c1-12(11-18-2)15(10-16)17-9-5-7-13-6-3-4-8-14(13)17/h12-15H,3-11,16H2,1-2H3. The van der Waals surface area contributed by atoms with Crippen molar-refractivity contribution >= 4 is 0 Å². The van der Waals surface area contributed by atoms with Crippen molar-refractivity contribution in [2.45, 2.75) is 57.5 Å². The van der Waals surface area contributed by atoms with Crippen LogP contribution in [0.25, 0.3) is 0 Å². The number of rotatable bonds is 5. The molecule has 2 aliphatic rings. The SMILES string of the molecule is COCC(C)C(CN)N1CCCC2CCCCC21. The van der Waals surface area contributed by atoms with Gasteiger partial charge in [-0.15, -0.1) is 0 Å². The molecule has 0 bridgehead atoms. The highest BCUT2D eigenvalue weighted by Crippen LogP contribution is 2.37. The third kappa shape index (κ3) is 3.06. The maximum absolute atomic E-state index is 6.06. The van der Waals surface area contributed by atoms with Crippen LogP contribution in [0.2, 0.25) is 0 Å². The average molecular weight is 254 g/mol. The van der Waals surface area contributed by atoms with Crippen LogP contribution in [-0.4, -0.2) is 43.8 Å². The second-order valence-electron chi connectivity index (χ2n) is 6.23. The molecule has 0 aromatic carbocycles. The molecule has 2 fully saturated rings. The quantitative estimate of drug-likeness (QED) is 0.818. The van der Waals surface area contributed by atoms with E-state index in [4.69, 9.17) is 10.5 Å². The van der Waals surface area contributed by atoms with Crippen molar-refractivity contribution in [1.82, 2.24) is 4.90 Å². The molecule has 0 aromatic rings. The smallest absolute Gasteiger partial charge is 0.0503 e. The summed E-state index contributed by atoms with van der Waals surface area (Å²) >= 11 is 0. The van der Waals surface area contributed by atoms with Crippen LogP contribution in [-0.2, 0) is 4.74 Å². The Balaban J connectivity index is 2.03. The van der Waals surface area contributed by atoms with Gasteiger partial charge in [0.15, 0.2) is 0 Å². The second-order valence-corrected chi connectivity index (χ2v) is 6.23. The van der Waals surface area contributed by atoms with E-state index in [2.05, 4.69) is 11.8 Å². The van der Waals surface area contributed by atoms with Crippen molar-refractivity contribution in [3.05, 3.63) is 0 Å². The van der Waals surface area contributed by atoms with Crippen LogP contribution in [0, 0.1) is 11.8 Å². The molecule has 2 N–H and O–H groups in total. The minimum atomic E-state index is 0.510. The molecule has 2 rings (SSSR count). The van der Waals surface area contributed by atoms with E-state index in [1.165, 1.54) is 45.1 Å². The third-order valence-corrected chi connectivity index (χ3v) is 5.04. The van der Waals surface area contributed by atoms with Gasteiger partial charge in [-0.3, -0.25) is 4.90 Å². The average Bonchev–Trinajstić information content (AvgIpc) is 2.40. The molecule has 1 heterocycles. The fraction of sp³-hybridized carbons (Fsp3) is 1.00. The lowest BCUT2D eigenvalue weighted by Gasteiger charge is -2.49. The van der Waals surface area contributed by atoms with Gasteiger partial charge >= 0.3 is 0 Å². The first kappa shape index (κ1) is 14.3. The molecule has 1 saturated carbocycles. The van der Waals surface area contributed by atoms with Crippen LogP contribution in [0.5, 0.6) is 0 Å². The number of fused-ring (bicyclic) bond motifs is 1. The monoisotopic (exact) mass is 254 g/mol. The van der Waals surface area contributed by atoms with Crippen LogP contribution in [0.1, 0.15) is 45.4 Å². The summed E-state index contributed by atoms with van der Waals surface area (Å²) in [6, 6.07) is 1.32. The molecule has 18 heavy (non-hydrogen) atoms. The lowest BCUT2D eigenvalue weighted by Crippen LogP contribution is -2.56. The van der Waals surface area contributed by atoms with Crippen molar-refractivity contribution in [2.24, 2.45) is 17.6 Å². The number of nitrogens with two attached hydrogens (primary N) is 1. The van der Waals surface area contributed by atoms with Gasteiger partial charge in [0, 0.05) is 25.7 Å². The van der Waals surface area contributed by atoms with E-state index in [0.29, 0.717) is 12.0 Å². The summed E-state index contributed by atoms with van der Waals surface area (Å²) in [6.07, 6.45) is 8.48. The summed E-state index contributed by atoms with van der Waals surface area (Å²) in [5, 5.41) is 0. The third-order valence-electron chi connectivity index (χ3n) is 5.04. The zero-order valence-electron chi connectivity index (χ0n) is 12.1. The van der Waals surface area contributed by atoms with Gasteiger partial charge in [-0.1, -0.05) is 19.8 Å². The highest BCUT2D eigenvalue weighted by atomic mass is 16.5.